The SMILES string of the molecule is [2H]c1c([2H])c([2H])c2c([2H])c(C3(c4ccc5c(c4)oc4ccccc45)c4ccc(N(c5ccccc5)c5ccccc5)cc4-c4cc(N(c5ccccc5)c5ccccc5)ccc43)c([2H])c([2H])c2c1[2H]. The van der Waals surface area contributed by atoms with Gasteiger partial charge in [-0.2, -0.15) is 0 Å². The molecule has 12 rings (SSSR count). The van der Waals surface area contributed by atoms with E-state index in [-0.39, 0.29) is 34.5 Å². The predicted octanol–water partition coefficient (Wildman–Crippen LogP) is 16.0. The summed E-state index contributed by atoms with van der Waals surface area (Å²) in [6, 6.07) is 64.2. The lowest BCUT2D eigenvalue weighted by Crippen LogP contribution is -2.28. The number of para-hydroxylation sites is 5. The van der Waals surface area contributed by atoms with Crippen molar-refractivity contribution in [1.29, 1.82) is 0 Å². The molecule has 1 heterocycles. The molecular formula is C59H40N2O. The van der Waals surface area contributed by atoms with Gasteiger partial charge in [0.25, 0.3) is 0 Å². The van der Waals surface area contributed by atoms with Crippen LogP contribution in [0.4, 0.5) is 34.1 Å². The second kappa shape index (κ2) is 14.5. The largest absolute Gasteiger partial charge is 0.456 e. The molecule has 0 unspecified atom stereocenters. The lowest BCUT2D eigenvalue weighted by Gasteiger charge is -2.35. The Morgan fingerprint density at radius 2 is 0.855 bits per heavy atom. The molecule has 292 valence electrons. The van der Waals surface area contributed by atoms with E-state index in [1.807, 2.05) is 115 Å². The Morgan fingerprint density at radius 1 is 0.371 bits per heavy atom. The smallest absolute Gasteiger partial charge is 0.135 e. The molecule has 11 aromatic rings. The highest BCUT2D eigenvalue weighted by atomic mass is 16.3. The van der Waals surface area contributed by atoms with E-state index < -0.39 is 29.6 Å². The number of rotatable bonds is 8. The molecule has 10 aromatic carbocycles. The van der Waals surface area contributed by atoms with Gasteiger partial charge in [-0.3, -0.25) is 0 Å². The van der Waals surface area contributed by atoms with E-state index in [0.29, 0.717) is 16.7 Å². The van der Waals surface area contributed by atoms with Crippen molar-refractivity contribution >= 4 is 66.8 Å². The van der Waals surface area contributed by atoms with Crippen LogP contribution >= 0.6 is 0 Å². The van der Waals surface area contributed by atoms with E-state index in [1.165, 1.54) is 0 Å². The van der Waals surface area contributed by atoms with Gasteiger partial charge in [-0.15, -0.1) is 0 Å². The fraction of sp³-hybridized carbons (Fsp3) is 0.0169. The second-order valence-corrected chi connectivity index (χ2v) is 15.5. The highest BCUT2D eigenvalue weighted by Gasteiger charge is 2.47. The van der Waals surface area contributed by atoms with Gasteiger partial charge in [-0.25, -0.2) is 0 Å². The van der Waals surface area contributed by atoms with Gasteiger partial charge in [0.05, 0.1) is 15.0 Å². The van der Waals surface area contributed by atoms with Crippen LogP contribution in [0.15, 0.2) is 247 Å². The van der Waals surface area contributed by atoms with E-state index in [9.17, 15) is 5.48 Å². The maximum Gasteiger partial charge on any atom is 0.135 e. The third kappa shape index (κ3) is 5.67. The highest BCUT2D eigenvalue weighted by molar-refractivity contribution is 6.05. The molecule has 3 nitrogen and oxygen atoms in total. The first kappa shape index (κ1) is 29.1. The molecule has 0 bridgehead atoms. The summed E-state index contributed by atoms with van der Waals surface area (Å²) in [6.45, 7) is 0. The molecule has 0 aliphatic heterocycles. The van der Waals surface area contributed by atoms with Gasteiger partial charge in [0.15, 0.2) is 0 Å². The lowest BCUT2D eigenvalue weighted by atomic mass is 9.67. The van der Waals surface area contributed by atoms with E-state index >= 15 is 0 Å². The molecule has 0 N–H and O–H groups in total. The number of anilines is 6. The fourth-order valence-corrected chi connectivity index (χ4v) is 9.44. The van der Waals surface area contributed by atoms with Crippen LogP contribution in [-0.2, 0) is 5.41 Å². The molecule has 0 fully saturated rings. The molecule has 0 atom stereocenters. The highest BCUT2D eigenvalue weighted by Crippen LogP contribution is 2.59. The summed E-state index contributed by atoms with van der Waals surface area (Å²) >= 11 is 0. The van der Waals surface area contributed by atoms with Gasteiger partial charge in [-0.05, 0) is 135 Å². The number of fused-ring (bicyclic) bond motifs is 7. The van der Waals surface area contributed by atoms with Gasteiger partial charge in [0, 0.05) is 44.9 Å². The molecular weight excluding hydrogens is 753 g/mol. The molecule has 1 aromatic heterocycles. The summed E-state index contributed by atoms with van der Waals surface area (Å²) in [5.74, 6) is 0. The summed E-state index contributed by atoms with van der Waals surface area (Å²) < 4.78 is 72.0. The summed E-state index contributed by atoms with van der Waals surface area (Å²) in [5, 5.41) is 1.57. The minimum absolute atomic E-state index is 0.108. The summed E-state index contributed by atoms with van der Waals surface area (Å²) in [4.78, 5) is 4.40. The van der Waals surface area contributed by atoms with Crippen molar-refractivity contribution in [2.75, 3.05) is 9.80 Å². The summed E-state index contributed by atoms with van der Waals surface area (Å²) in [6.07, 6.45) is 0. The Hall–Kier alpha value is -8.14. The quantitative estimate of drug-likeness (QED) is 0.153. The maximum atomic E-state index is 10.2. The molecule has 62 heavy (non-hydrogen) atoms. The van der Waals surface area contributed by atoms with Crippen LogP contribution in [0.3, 0.4) is 0 Å². The normalized spacial score (nSPS) is 14.2. The van der Waals surface area contributed by atoms with Gasteiger partial charge in [0.2, 0.25) is 0 Å². The third-order valence-electron chi connectivity index (χ3n) is 12.1. The van der Waals surface area contributed by atoms with Crippen molar-refractivity contribution in [3.8, 4) is 11.1 Å². The van der Waals surface area contributed by atoms with Gasteiger partial charge >= 0.3 is 0 Å². The molecule has 0 saturated heterocycles. The van der Waals surface area contributed by atoms with Crippen molar-refractivity contribution < 1.29 is 14.0 Å². The van der Waals surface area contributed by atoms with E-state index in [2.05, 4.69) is 94.7 Å². The van der Waals surface area contributed by atoms with Crippen LogP contribution in [0.1, 0.15) is 31.8 Å². The molecule has 0 spiro atoms. The standard InChI is InChI=1S/C59H40N2O/c1-5-19-45(20-6-1)60(46-21-7-2-8-22-46)49-32-35-55-53(39-49)54-40-50(61(47-23-9-3-10-24-47)48-25-11-4-12-26-48)33-36-56(54)59(55,43-30-29-41-17-13-14-18-42(41)37-43)44-31-34-52-51-27-15-16-28-57(51)62-58(52)38-44/h1-40H/i13D,14D,17D,18D,29D,30D,37D. The van der Waals surface area contributed by atoms with Gasteiger partial charge < -0.3 is 14.2 Å². The van der Waals surface area contributed by atoms with E-state index in [1.54, 1.807) is 0 Å². The van der Waals surface area contributed by atoms with Gasteiger partial charge in [0.1, 0.15) is 11.2 Å². The zero-order valence-electron chi connectivity index (χ0n) is 40.4. The van der Waals surface area contributed by atoms with E-state index in [0.717, 1.165) is 67.2 Å². The zero-order chi connectivity index (χ0) is 47.1. The molecule has 1 aliphatic rings. The van der Waals surface area contributed by atoms with Crippen LogP contribution in [0.2, 0.25) is 0 Å². The average Bonchev–Trinajstić information content (AvgIpc) is 3.90. The van der Waals surface area contributed by atoms with E-state index in [4.69, 9.17) is 8.53 Å². The Morgan fingerprint density at radius 3 is 1.40 bits per heavy atom. The fourth-order valence-electron chi connectivity index (χ4n) is 9.44. The first-order valence-electron chi connectivity index (χ1n) is 24.2. The Balaban J connectivity index is 1.24. The Bertz CT molecular complexity index is 3620. The summed E-state index contributed by atoms with van der Waals surface area (Å²) in [7, 11) is 0. The Kier molecular flexibility index (Phi) is 6.84. The van der Waals surface area contributed by atoms with Crippen molar-refractivity contribution in [3.63, 3.8) is 0 Å². The minimum atomic E-state index is -1.49. The number of furan rings is 1. The van der Waals surface area contributed by atoms with Crippen molar-refractivity contribution in [2.45, 2.75) is 5.41 Å². The van der Waals surface area contributed by atoms with Crippen molar-refractivity contribution in [1.82, 2.24) is 0 Å². The Labute approximate surface area is 370 Å². The predicted molar refractivity (Wildman–Crippen MR) is 258 cm³/mol. The average molecular weight is 800 g/mol. The maximum absolute atomic E-state index is 10.2. The van der Waals surface area contributed by atoms with Crippen LogP contribution in [-0.4, -0.2) is 0 Å². The molecule has 0 amide bonds. The number of hydrogen-bond acceptors (Lipinski definition) is 3. The first-order valence-corrected chi connectivity index (χ1v) is 20.7. The summed E-state index contributed by atoms with van der Waals surface area (Å²) in [5.41, 5.74) is 9.25. The van der Waals surface area contributed by atoms with Crippen LogP contribution in [0, 0.1) is 0 Å². The minimum Gasteiger partial charge on any atom is -0.456 e. The van der Waals surface area contributed by atoms with Crippen LogP contribution in [0.5, 0.6) is 0 Å². The number of benzene rings is 10. The van der Waals surface area contributed by atoms with Crippen molar-refractivity contribution in [2.24, 2.45) is 0 Å². The molecule has 3 heteroatoms. The monoisotopic (exact) mass is 799 g/mol. The third-order valence-corrected chi connectivity index (χ3v) is 12.1. The van der Waals surface area contributed by atoms with Crippen molar-refractivity contribution in [3.05, 3.63) is 265 Å². The van der Waals surface area contributed by atoms with Gasteiger partial charge in [-0.1, -0.05) is 152 Å². The van der Waals surface area contributed by atoms with Crippen LogP contribution < -0.4 is 9.80 Å². The van der Waals surface area contributed by atoms with Crippen LogP contribution in [0.25, 0.3) is 43.8 Å². The number of nitrogens with zero attached hydrogens (tertiary/aromatic N) is 2. The first-order chi connectivity index (χ1) is 33.7. The topological polar surface area (TPSA) is 19.6 Å². The molecule has 0 saturated carbocycles. The number of hydrogen-bond donors (Lipinski definition) is 0. The molecule has 1 aliphatic carbocycles. The second-order valence-electron chi connectivity index (χ2n) is 15.5. The molecule has 0 radical (unpaired) electrons. The lowest BCUT2D eigenvalue weighted by molar-refractivity contribution is 0.665. The zero-order valence-corrected chi connectivity index (χ0v) is 33.4.